The Bertz CT molecular complexity index is 1290. The zero-order chi connectivity index (χ0) is 23.0. The van der Waals surface area contributed by atoms with Gasteiger partial charge < -0.3 is 9.47 Å². The van der Waals surface area contributed by atoms with Gasteiger partial charge in [0.2, 0.25) is 0 Å². The van der Waals surface area contributed by atoms with Crippen LogP contribution in [0.15, 0.2) is 90.0 Å². The lowest BCUT2D eigenvalue weighted by atomic mass is 10.1. The number of halogens is 2. The van der Waals surface area contributed by atoms with Crippen LogP contribution in [0.1, 0.15) is 11.1 Å². The second-order valence-electron chi connectivity index (χ2n) is 7.15. The first-order valence-electron chi connectivity index (χ1n) is 10.2. The van der Waals surface area contributed by atoms with Crippen LogP contribution in [0.5, 0.6) is 11.5 Å². The number of nitrogens with one attached hydrogen (secondary N) is 1. The summed E-state index contributed by atoms with van der Waals surface area (Å²) in [6, 6.07) is 25.0. The van der Waals surface area contributed by atoms with Crippen molar-refractivity contribution < 1.29 is 18.7 Å². The van der Waals surface area contributed by atoms with Crippen LogP contribution in [-0.2, 0) is 11.4 Å². The zero-order valence-corrected chi connectivity index (χ0v) is 18.3. The van der Waals surface area contributed by atoms with Gasteiger partial charge in [-0.05, 0) is 52.7 Å². The van der Waals surface area contributed by atoms with E-state index in [4.69, 9.17) is 21.1 Å². The molecule has 0 aliphatic carbocycles. The summed E-state index contributed by atoms with van der Waals surface area (Å²) in [5.74, 6) is 0.312. The molecule has 4 rings (SSSR count). The number of amides is 1. The van der Waals surface area contributed by atoms with E-state index in [1.54, 1.807) is 36.4 Å². The van der Waals surface area contributed by atoms with Crippen LogP contribution in [0.4, 0.5) is 4.39 Å². The van der Waals surface area contributed by atoms with E-state index in [-0.39, 0.29) is 24.7 Å². The van der Waals surface area contributed by atoms with Crippen molar-refractivity contribution in [2.45, 2.75) is 6.61 Å². The van der Waals surface area contributed by atoms with Gasteiger partial charge in [-0.2, -0.15) is 5.10 Å². The van der Waals surface area contributed by atoms with Gasteiger partial charge in [-0.25, -0.2) is 9.82 Å². The normalized spacial score (nSPS) is 11.0. The van der Waals surface area contributed by atoms with E-state index >= 15 is 0 Å². The lowest BCUT2D eigenvalue weighted by Gasteiger charge is -2.09. The summed E-state index contributed by atoms with van der Waals surface area (Å²) in [5.41, 5.74) is 3.41. The fraction of sp³-hybridized carbons (Fsp3) is 0.0769. The molecule has 0 radical (unpaired) electrons. The van der Waals surface area contributed by atoms with E-state index < -0.39 is 5.82 Å². The van der Waals surface area contributed by atoms with Gasteiger partial charge in [0.15, 0.2) is 6.61 Å². The Morgan fingerprint density at radius 2 is 1.70 bits per heavy atom. The number of ether oxygens (including phenoxy) is 2. The number of hydrogen-bond acceptors (Lipinski definition) is 4. The molecule has 0 saturated carbocycles. The third-order valence-corrected chi connectivity index (χ3v) is 5.15. The molecule has 0 aliphatic rings. The summed E-state index contributed by atoms with van der Waals surface area (Å²) in [6.45, 7) is -0.169. The highest BCUT2D eigenvalue weighted by atomic mass is 35.5. The Kier molecular flexibility index (Phi) is 7.17. The topological polar surface area (TPSA) is 59.9 Å². The van der Waals surface area contributed by atoms with Crippen LogP contribution in [0.2, 0.25) is 5.02 Å². The molecule has 1 N–H and O–H groups in total. The third-order valence-electron chi connectivity index (χ3n) is 4.80. The van der Waals surface area contributed by atoms with Crippen molar-refractivity contribution in [3.63, 3.8) is 0 Å². The molecular weight excluding hydrogens is 443 g/mol. The van der Waals surface area contributed by atoms with E-state index in [0.29, 0.717) is 22.1 Å². The van der Waals surface area contributed by atoms with Crippen LogP contribution in [0.25, 0.3) is 10.8 Å². The van der Waals surface area contributed by atoms with Crippen molar-refractivity contribution in [3.8, 4) is 11.5 Å². The van der Waals surface area contributed by atoms with Crippen molar-refractivity contribution in [3.05, 3.63) is 107 Å². The van der Waals surface area contributed by atoms with Gasteiger partial charge >= 0.3 is 0 Å². The van der Waals surface area contributed by atoms with Crippen molar-refractivity contribution in [1.29, 1.82) is 0 Å². The number of hydrogen-bond donors (Lipinski definition) is 1. The Morgan fingerprint density at radius 1 is 0.909 bits per heavy atom. The summed E-state index contributed by atoms with van der Waals surface area (Å²) in [7, 11) is 0. The van der Waals surface area contributed by atoms with Gasteiger partial charge in [-0.15, -0.1) is 0 Å². The molecule has 1 amide bonds. The number of benzene rings is 4. The van der Waals surface area contributed by atoms with E-state index in [9.17, 15) is 9.18 Å². The minimum Gasteiger partial charge on any atom is -0.489 e. The quantitative estimate of drug-likeness (QED) is 0.268. The summed E-state index contributed by atoms with van der Waals surface area (Å²) in [6.07, 6.45) is 1.48. The second-order valence-corrected chi connectivity index (χ2v) is 7.56. The minimum absolute atomic E-state index is 0.00501. The van der Waals surface area contributed by atoms with Crippen LogP contribution < -0.4 is 14.9 Å². The average molecular weight is 463 g/mol. The number of carbonyl (C=O) groups excluding carboxylic acids is 1. The molecule has 5 nitrogen and oxygen atoms in total. The monoisotopic (exact) mass is 462 g/mol. The second kappa shape index (κ2) is 10.6. The molecule has 4 aromatic rings. The van der Waals surface area contributed by atoms with Crippen molar-refractivity contribution in [2.24, 2.45) is 5.10 Å². The van der Waals surface area contributed by atoms with Crippen molar-refractivity contribution in [2.75, 3.05) is 6.61 Å². The Balaban J connectivity index is 1.28. The van der Waals surface area contributed by atoms with Gasteiger partial charge in [0.25, 0.3) is 5.91 Å². The number of carbonyl (C=O) groups is 1. The SMILES string of the molecule is O=C(COc1ccc2ccccc2c1)N/N=C\c1cccc(OCc2c(F)cccc2Cl)c1. The molecule has 0 spiro atoms. The molecule has 0 fully saturated rings. The van der Waals surface area contributed by atoms with Gasteiger partial charge in [0.05, 0.1) is 11.2 Å². The van der Waals surface area contributed by atoms with Crippen LogP contribution >= 0.6 is 11.6 Å². The molecule has 0 aliphatic heterocycles. The van der Waals surface area contributed by atoms with Crippen molar-refractivity contribution in [1.82, 2.24) is 5.43 Å². The molecule has 0 unspecified atom stereocenters. The Labute approximate surface area is 195 Å². The zero-order valence-electron chi connectivity index (χ0n) is 17.5. The van der Waals surface area contributed by atoms with Crippen LogP contribution in [0.3, 0.4) is 0 Å². The first-order chi connectivity index (χ1) is 16.1. The standard InChI is InChI=1S/C26H20ClFN2O3/c27-24-9-4-10-25(28)23(24)16-32-21-8-3-5-18(13-21)15-29-30-26(31)17-33-22-12-11-19-6-1-2-7-20(19)14-22/h1-15H,16-17H2,(H,30,31)/b29-15-. The Hall–Kier alpha value is -3.90. The molecule has 7 heteroatoms. The maximum absolute atomic E-state index is 13.9. The number of fused-ring (bicyclic) bond motifs is 1. The van der Waals surface area contributed by atoms with Crippen molar-refractivity contribution >= 4 is 34.5 Å². The smallest absolute Gasteiger partial charge is 0.277 e. The summed E-state index contributed by atoms with van der Waals surface area (Å²) in [4.78, 5) is 12.0. The molecule has 33 heavy (non-hydrogen) atoms. The minimum atomic E-state index is -0.422. The van der Waals surface area contributed by atoms with Gasteiger partial charge in [0, 0.05) is 5.56 Å². The summed E-state index contributed by atoms with van der Waals surface area (Å²) in [5, 5.41) is 6.39. The molecule has 4 aromatic carbocycles. The highest BCUT2D eigenvalue weighted by Gasteiger charge is 2.08. The van der Waals surface area contributed by atoms with E-state index in [1.165, 1.54) is 12.3 Å². The molecule has 166 valence electrons. The number of hydrazone groups is 1. The lowest BCUT2D eigenvalue weighted by molar-refractivity contribution is -0.123. The fourth-order valence-electron chi connectivity index (χ4n) is 3.13. The molecule has 0 bridgehead atoms. The molecule has 0 saturated heterocycles. The van der Waals surface area contributed by atoms with Crippen LogP contribution in [-0.4, -0.2) is 18.7 Å². The van der Waals surface area contributed by atoms with Crippen LogP contribution in [0, 0.1) is 5.82 Å². The molecule has 0 aromatic heterocycles. The van der Waals surface area contributed by atoms with E-state index in [1.807, 2.05) is 42.5 Å². The molecule has 0 heterocycles. The number of nitrogens with zero attached hydrogens (tertiary/aromatic N) is 1. The molecule has 0 atom stereocenters. The number of rotatable bonds is 8. The largest absolute Gasteiger partial charge is 0.489 e. The first-order valence-corrected chi connectivity index (χ1v) is 10.6. The fourth-order valence-corrected chi connectivity index (χ4v) is 3.35. The Morgan fingerprint density at radius 3 is 2.55 bits per heavy atom. The maximum atomic E-state index is 13.9. The van der Waals surface area contributed by atoms with E-state index in [2.05, 4.69) is 10.5 Å². The summed E-state index contributed by atoms with van der Waals surface area (Å²) >= 11 is 6.02. The highest BCUT2D eigenvalue weighted by Crippen LogP contribution is 2.22. The predicted octanol–water partition coefficient (Wildman–Crippen LogP) is 5.74. The van der Waals surface area contributed by atoms with Gasteiger partial charge in [-0.1, -0.05) is 60.1 Å². The van der Waals surface area contributed by atoms with Gasteiger partial charge in [0.1, 0.15) is 23.9 Å². The first kappa shape index (κ1) is 22.3. The lowest BCUT2D eigenvalue weighted by Crippen LogP contribution is -2.24. The third kappa shape index (κ3) is 6.08. The summed E-state index contributed by atoms with van der Waals surface area (Å²) < 4.78 is 25.1. The van der Waals surface area contributed by atoms with E-state index in [0.717, 1.165) is 10.8 Å². The average Bonchev–Trinajstić information content (AvgIpc) is 2.82. The van der Waals surface area contributed by atoms with Gasteiger partial charge in [-0.3, -0.25) is 4.79 Å². The predicted molar refractivity (Wildman–Crippen MR) is 127 cm³/mol. The maximum Gasteiger partial charge on any atom is 0.277 e. The molecular formula is C26H20ClFN2O3. The highest BCUT2D eigenvalue weighted by molar-refractivity contribution is 6.31.